The average Bonchev–Trinajstić information content (AvgIpc) is 3.18. The number of alkyl halides is 3. The van der Waals surface area contributed by atoms with Crippen LogP contribution < -0.4 is 0 Å². The Labute approximate surface area is 141 Å². The number of rotatable bonds is 2. The highest BCUT2D eigenvalue weighted by Crippen LogP contribution is 2.35. The van der Waals surface area contributed by atoms with Crippen molar-refractivity contribution >= 4 is 38.8 Å². The zero-order valence-electron chi connectivity index (χ0n) is 12.0. The van der Waals surface area contributed by atoms with Crippen molar-refractivity contribution in [3.05, 3.63) is 40.0 Å². The van der Waals surface area contributed by atoms with Crippen LogP contribution in [0.4, 0.5) is 13.2 Å². The van der Waals surface area contributed by atoms with E-state index >= 15 is 0 Å². The van der Waals surface area contributed by atoms with Gasteiger partial charge >= 0.3 is 6.18 Å². The molecule has 4 heterocycles. The van der Waals surface area contributed by atoms with Crippen LogP contribution in [0.25, 0.3) is 15.9 Å². The molecule has 0 aliphatic heterocycles. The summed E-state index contributed by atoms with van der Waals surface area (Å²) < 4.78 is 41.3. The Hall–Kier alpha value is -2.20. The molecule has 0 bridgehead atoms. The van der Waals surface area contributed by atoms with Crippen molar-refractivity contribution in [2.24, 2.45) is 0 Å². The third-order valence-electron chi connectivity index (χ3n) is 3.54. The zero-order chi connectivity index (χ0) is 17.1. The molecule has 4 aromatic rings. The molecule has 4 aromatic heterocycles. The van der Waals surface area contributed by atoms with E-state index in [0.717, 1.165) is 14.9 Å². The number of fused-ring (bicyclic) bond motifs is 3. The first kappa shape index (κ1) is 15.3. The normalized spacial score (nSPS) is 12.5. The smallest absolute Gasteiger partial charge is 0.260 e. The van der Waals surface area contributed by atoms with Crippen LogP contribution in [-0.4, -0.2) is 29.4 Å². The quantitative estimate of drug-likeness (QED) is 0.539. The van der Waals surface area contributed by atoms with Crippen molar-refractivity contribution in [2.75, 3.05) is 0 Å². The summed E-state index contributed by atoms with van der Waals surface area (Å²) in [6.45, 7) is 1.45. The topological polar surface area (TPSA) is 60.9 Å². The molecular weight excluding hydrogens is 365 g/mol. The summed E-state index contributed by atoms with van der Waals surface area (Å²) in [5.74, 6) is 0.325. The Morgan fingerprint density at radius 2 is 2.08 bits per heavy atom. The van der Waals surface area contributed by atoms with Gasteiger partial charge in [-0.2, -0.15) is 18.3 Å². The van der Waals surface area contributed by atoms with Crippen molar-refractivity contribution in [1.82, 2.24) is 29.4 Å². The Morgan fingerprint density at radius 1 is 1.29 bits per heavy atom. The van der Waals surface area contributed by atoms with Crippen LogP contribution in [0.1, 0.15) is 17.2 Å². The van der Waals surface area contributed by atoms with Crippen molar-refractivity contribution in [3.8, 4) is 0 Å². The summed E-state index contributed by atoms with van der Waals surface area (Å²) in [5, 5.41) is 10.1. The predicted molar refractivity (Wildman–Crippen MR) is 82.2 cm³/mol. The molecule has 0 atom stereocenters. The monoisotopic (exact) mass is 372 g/mol. The molecule has 4 rings (SSSR count). The number of thiophene rings is 1. The summed E-state index contributed by atoms with van der Waals surface area (Å²) in [7, 11) is 0. The number of hydrogen-bond acceptors (Lipinski definition) is 5. The van der Waals surface area contributed by atoms with Crippen LogP contribution >= 0.6 is 22.9 Å². The van der Waals surface area contributed by atoms with E-state index in [0.29, 0.717) is 11.5 Å². The lowest BCUT2D eigenvalue weighted by atomic mass is 10.3. The molecule has 0 aliphatic rings. The summed E-state index contributed by atoms with van der Waals surface area (Å²) >= 11 is 7.22. The first-order valence-electron chi connectivity index (χ1n) is 6.72. The SMILES string of the molecule is Cc1c(Cl)c(C(F)(F)F)nn1Cc1nc2c3ccsc3ncn2n1. The maximum atomic E-state index is 12.9. The van der Waals surface area contributed by atoms with Crippen molar-refractivity contribution in [3.63, 3.8) is 0 Å². The minimum atomic E-state index is -4.60. The number of aromatic nitrogens is 6. The Bertz CT molecular complexity index is 1060. The summed E-state index contributed by atoms with van der Waals surface area (Å²) in [4.78, 5) is 9.45. The van der Waals surface area contributed by atoms with Gasteiger partial charge in [-0.05, 0) is 18.4 Å². The highest BCUT2D eigenvalue weighted by atomic mass is 35.5. The molecule has 124 valence electrons. The number of halogens is 4. The fourth-order valence-electron chi connectivity index (χ4n) is 2.37. The lowest BCUT2D eigenvalue weighted by molar-refractivity contribution is -0.141. The standard InChI is InChI=1S/C13H8ClF3N6S/c1-6-9(14)10(13(15,16)17)21-22(6)4-8-19-11-7-2-3-24-12(7)18-5-23(11)20-8/h2-3,5H,4H2,1H3. The van der Waals surface area contributed by atoms with Gasteiger partial charge in [-0.1, -0.05) is 11.6 Å². The van der Waals surface area contributed by atoms with E-state index < -0.39 is 16.9 Å². The molecule has 0 radical (unpaired) electrons. The Morgan fingerprint density at radius 3 is 2.79 bits per heavy atom. The van der Waals surface area contributed by atoms with Gasteiger partial charge in [0.2, 0.25) is 0 Å². The van der Waals surface area contributed by atoms with Crippen molar-refractivity contribution in [2.45, 2.75) is 19.6 Å². The van der Waals surface area contributed by atoms with Crippen LogP contribution in [0.3, 0.4) is 0 Å². The average molecular weight is 373 g/mol. The van der Waals surface area contributed by atoms with E-state index in [4.69, 9.17) is 11.6 Å². The van der Waals surface area contributed by atoms with Gasteiger partial charge < -0.3 is 0 Å². The summed E-state index contributed by atoms with van der Waals surface area (Å²) in [6, 6.07) is 1.87. The molecule has 24 heavy (non-hydrogen) atoms. The third-order valence-corrected chi connectivity index (χ3v) is 4.81. The highest BCUT2D eigenvalue weighted by Gasteiger charge is 2.38. The fraction of sp³-hybridized carbons (Fsp3) is 0.231. The van der Waals surface area contributed by atoms with Crippen LogP contribution in [0, 0.1) is 6.92 Å². The molecule has 0 saturated carbocycles. The van der Waals surface area contributed by atoms with E-state index in [1.165, 1.54) is 29.1 Å². The van der Waals surface area contributed by atoms with Crippen LogP contribution in [0.15, 0.2) is 17.8 Å². The van der Waals surface area contributed by atoms with Gasteiger partial charge in [-0.25, -0.2) is 14.5 Å². The van der Waals surface area contributed by atoms with E-state index in [-0.39, 0.29) is 12.2 Å². The van der Waals surface area contributed by atoms with Crippen molar-refractivity contribution in [1.29, 1.82) is 0 Å². The number of nitrogens with zero attached hydrogens (tertiary/aromatic N) is 6. The molecule has 0 saturated heterocycles. The Balaban J connectivity index is 1.77. The second-order valence-electron chi connectivity index (χ2n) is 5.08. The molecule has 11 heteroatoms. The van der Waals surface area contributed by atoms with Gasteiger partial charge in [0.25, 0.3) is 0 Å². The number of hydrogen-bond donors (Lipinski definition) is 0. The maximum Gasteiger partial charge on any atom is 0.436 e. The van der Waals surface area contributed by atoms with E-state index in [2.05, 4.69) is 20.2 Å². The van der Waals surface area contributed by atoms with Gasteiger partial charge in [0.15, 0.2) is 17.2 Å². The van der Waals surface area contributed by atoms with E-state index in [1.807, 2.05) is 11.4 Å². The lowest BCUT2D eigenvalue weighted by Gasteiger charge is -2.01. The van der Waals surface area contributed by atoms with Gasteiger partial charge in [-0.15, -0.1) is 16.4 Å². The molecule has 0 N–H and O–H groups in total. The van der Waals surface area contributed by atoms with Gasteiger partial charge in [0, 0.05) is 0 Å². The molecule has 0 spiro atoms. The van der Waals surface area contributed by atoms with Crippen LogP contribution in [0.5, 0.6) is 0 Å². The Kier molecular flexibility index (Phi) is 3.29. The molecule has 0 aromatic carbocycles. The zero-order valence-corrected chi connectivity index (χ0v) is 13.6. The molecule has 6 nitrogen and oxygen atoms in total. The van der Waals surface area contributed by atoms with Gasteiger partial charge in [0.1, 0.15) is 17.7 Å². The molecule has 0 unspecified atom stereocenters. The van der Waals surface area contributed by atoms with Gasteiger partial charge in [-0.3, -0.25) is 4.68 Å². The van der Waals surface area contributed by atoms with E-state index in [1.54, 1.807) is 0 Å². The van der Waals surface area contributed by atoms with E-state index in [9.17, 15) is 13.2 Å². The van der Waals surface area contributed by atoms with Crippen LogP contribution in [0.2, 0.25) is 5.02 Å². The second-order valence-corrected chi connectivity index (χ2v) is 6.36. The second kappa shape index (κ2) is 5.15. The molecule has 0 amide bonds. The molecule has 0 fully saturated rings. The molecule has 0 aliphatic carbocycles. The summed E-state index contributed by atoms with van der Waals surface area (Å²) in [5.41, 5.74) is -0.294. The van der Waals surface area contributed by atoms with Gasteiger partial charge in [0.05, 0.1) is 16.1 Å². The third kappa shape index (κ3) is 2.33. The predicted octanol–water partition coefficient (Wildman–Crippen LogP) is 3.56. The minimum Gasteiger partial charge on any atom is -0.260 e. The lowest BCUT2D eigenvalue weighted by Crippen LogP contribution is -2.10. The maximum absolute atomic E-state index is 12.9. The fourth-order valence-corrected chi connectivity index (χ4v) is 3.34. The minimum absolute atomic E-state index is 0.0189. The summed E-state index contributed by atoms with van der Waals surface area (Å²) in [6.07, 6.45) is -3.08. The molecular formula is C13H8ClF3N6S. The highest BCUT2D eigenvalue weighted by molar-refractivity contribution is 7.16. The largest absolute Gasteiger partial charge is 0.436 e. The first-order chi connectivity index (χ1) is 11.3. The van der Waals surface area contributed by atoms with Crippen LogP contribution in [-0.2, 0) is 12.7 Å². The van der Waals surface area contributed by atoms with Crippen molar-refractivity contribution < 1.29 is 13.2 Å². The first-order valence-corrected chi connectivity index (χ1v) is 7.98.